The third-order valence-corrected chi connectivity index (χ3v) is 6.70. The highest BCUT2D eigenvalue weighted by atomic mass is 35.5. The molecule has 132 valence electrons. The first-order chi connectivity index (χ1) is 12.3. The van der Waals surface area contributed by atoms with Gasteiger partial charge in [-0.15, -0.1) is 5.10 Å². The van der Waals surface area contributed by atoms with Crippen molar-refractivity contribution in [2.75, 3.05) is 0 Å². The molecule has 0 fully saturated rings. The predicted molar refractivity (Wildman–Crippen MR) is 95.8 cm³/mol. The number of carbonyl (C=O) groups excluding carboxylic acids is 1. The van der Waals surface area contributed by atoms with E-state index in [2.05, 4.69) is 10.3 Å². The fourth-order valence-electron chi connectivity index (χ4n) is 3.32. The van der Waals surface area contributed by atoms with E-state index in [9.17, 15) is 13.2 Å². The van der Waals surface area contributed by atoms with Crippen molar-refractivity contribution >= 4 is 27.2 Å². The standard InChI is InChI=1S/C18H14ClN3O3S/c1-10-7-11(2)17(13(19)8-10)26(24,25)18-15-9-16(23)12-5-3-4-6-14(12)22(15)21-20-18/h3-8H,9H2,1-2H3. The van der Waals surface area contributed by atoms with Gasteiger partial charge < -0.3 is 0 Å². The zero-order valence-electron chi connectivity index (χ0n) is 14.0. The number of nitrogens with zero attached hydrogens (tertiary/aromatic N) is 3. The molecule has 0 saturated carbocycles. The molecular formula is C18H14ClN3O3S. The second-order valence-electron chi connectivity index (χ2n) is 6.27. The van der Waals surface area contributed by atoms with Crippen LogP contribution in [0, 0.1) is 13.8 Å². The maximum Gasteiger partial charge on any atom is 0.229 e. The van der Waals surface area contributed by atoms with Crippen molar-refractivity contribution in [3.05, 3.63) is 63.8 Å². The normalized spacial score (nSPS) is 13.4. The molecule has 2 heterocycles. The Labute approximate surface area is 155 Å². The zero-order valence-corrected chi connectivity index (χ0v) is 15.6. The molecule has 0 atom stereocenters. The van der Waals surface area contributed by atoms with Gasteiger partial charge in [0.15, 0.2) is 5.78 Å². The minimum atomic E-state index is -4.02. The van der Waals surface area contributed by atoms with E-state index >= 15 is 0 Å². The van der Waals surface area contributed by atoms with Gasteiger partial charge in [0.05, 0.1) is 27.7 Å². The van der Waals surface area contributed by atoms with E-state index < -0.39 is 9.84 Å². The number of sulfone groups is 1. The van der Waals surface area contributed by atoms with Gasteiger partial charge in [0.25, 0.3) is 0 Å². The molecule has 1 aliphatic rings. The number of aryl methyl sites for hydroxylation is 2. The van der Waals surface area contributed by atoms with Crippen LogP contribution in [-0.2, 0) is 16.3 Å². The number of fused-ring (bicyclic) bond motifs is 3. The van der Waals surface area contributed by atoms with E-state index in [1.807, 2.05) is 6.92 Å². The molecule has 0 amide bonds. The van der Waals surface area contributed by atoms with Gasteiger partial charge in [0, 0.05) is 5.56 Å². The Balaban J connectivity index is 1.96. The Bertz CT molecular complexity index is 1160. The van der Waals surface area contributed by atoms with Crippen LogP contribution in [0.25, 0.3) is 5.69 Å². The first kappa shape index (κ1) is 16.9. The number of hydrogen-bond donors (Lipinski definition) is 0. The SMILES string of the molecule is Cc1cc(C)c(S(=O)(=O)c2nnn3c2CC(=O)c2ccccc2-3)c(Cl)c1. The van der Waals surface area contributed by atoms with Crippen LogP contribution in [0.1, 0.15) is 27.2 Å². The molecule has 26 heavy (non-hydrogen) atoms. The predicted octanol–water partition coefficient (Wildman–Crippen LogP) is 3.11. The summed E-state index contributed by atoms with van der Waals surface area (Å²) < 4.78 is 27.9. The van der Waals surface area contributed by atoms with Crippen molar-refractivity contribution in [1.29, 1.82) is 0 Å². The number of halogens is 1. The maximum atomic E-state index is 13.2. The Morgan fingerprint density at radius 2 is 1.88 bits per heavy atom. The van der Waals surface area contributed by atoms with Crippen molar-refractivity contribution in [2.45, 2.75) is 30.2 Å². The van der Waals surface area contributed by atoms with Crippen LogP contribution in [-0.4, -0.2) is 29.2 Å². The number of para-hydroxylation sites is 1. The van der Waals surface area contributed by atoms with Gasteiger partial charge in [-0.3, -0.25) is 4.79 Å². The molecule has 1 aliphatic heterocycles. The Hall–Kier alpha value is -2.51. The van der Waals surface area contributed by atoms with Crippen LogP contribution in [0.5, 0.6) is 0 Å². The lowest BCUT2D eigenvalue weighted by Crippen LogP contribution is -2.20. The topological polar surface area (TPSA) is 81.9 Å². The number of Topliss-reactive ketones (excluding diaryl/α,β-unsaturated/α-hetero) is 1. The summed E-state index contributed by atoms with van der Waals surface area (Å²) in [6.07, 6.45) is -0.0822. The molecule has 0 saturated heterocycles. The van der Waals surface area contributed by atoms with Crippen LogP contribution >= 0.6 is 11.6 Å². The van der Waals surface area contributed by atoms with Gasteiger partial charge >= 0.3 is 0 Å². The maximum absolute atomic E-state index is 13.2. The molecule has 8 heteroatoms. The number of carbonyl (C=O) groups is 1. The fourth-order valence-corrected chi connectivity index (χ4v) is 5.55. The smallest absolute Gasteiger partial charge is 0.229 e. The molecule has 0 radical (unpaired) electrons. The van der Waals surface area contributed by atoms with Gasteiger partial charge in [-0.2, -0.15) is 0 Å². The molecule has 3 aromatic rings. The van der Waals surface area contributed by atoms with Crippen molar-refractivity contribution in [3.63, 3.8) is 0 Å². The highest BCUT2D eigenvalue weighted by Crippen LogP contribution is 2.34. The molecule has 0 aliphatic carbocycles. The second kappa shape index (κ2) is 5.75. The van der Waals surface area contributed by atoms with Gasteiger partial charge in [-0.25, -0.2) is 13.1 Å². The first-order valence-corrected chi connectivity index (χ1v) is 9.76. The number of hydrogen-bond acceptors (Lipinski definition) is 5. The Morgan fingerprint density at radius 3 is 2.62 bits per heavy atom. The van der Waals surface area contributed by atoms with E-state index in [0.29, 0.717) is 16.8 Å². The number of rotatable bonds is 2. The van der Waals surface area contributed by atoms with Crippen LogP contribution in [0.3, 0.4) is 0 Å². The average molecular weight is 388 g/mol. The first-order valence-electron chi connectivity index (χ1n) is 7.89. The average Bonchev–Trinajstić information content (AvgIpc) is 2.98. The molecule has 4 rings (SSSR count). The summed E-state index contributed by atoms with van der Waals surface area (Å²) in [5.74, 6) is -0.168. The molecule has 0 unspecified atom stereocenters. The molecule has 6 nitrogen and oxygen atoms in total. The third-order valence-electron chi connectivity index (χ3n) is 4.39. The number of ketones is 1. The molecular weight excluding hydrogens is 374 g/mol. The van der Waals surface area contributed by atoms with Crippen molar-refractivity contribution in [3.8, 4) is 5.69 Å². The minimum Gasteiger partial charge on any atom is -0.294 e. The Kier molecular flexibility index (Phi) is 3.75. The lowest BCUT2D eigenvalue weighted by Gasteiger charge is -2.17. The third kappa shape index (κ3) is 2.39. The zero-order chi connectivity index (χ0) is 18.6. The summed E-state index contributed by atoms with van der Waals surface area (Å²) in [6, 6.07) is 10.3. The summed E-state index contributed by atoms with van der Waals surface area (Å²) in [6.45, 7) is 3.52. The quantitative estimate of drug-likeness (QED) is 0.674. The van der Waals surface area contributed by atoms with Gasteiger partial charge in [0.2, 0.25) is 14.9 Å². The summed E-state index contributed by atoms with van der Waals surface area (Å²) in [7, 11) is -4.02. The molecule has 1 aromatic heterocycles. The van der Waals surface area contributed by atoms with E-state index in [1.165, 1.54) is 4.68 Å². The van der Waals surface area contributed by atoms with E-state index in [1.54, 1.807) is 43.3 Å². The minimum absolute atomic E-state index is 0.000579. The van der Waals surface area contributed by atoms with Crippen molar-refractivity contribution in [2.24, 2.45) is 0 Å². The van der Waals surface area contributed by atoms with Gasteiger partial charge in [-0.05, 0) is 43.2 Å². The molecule has 0 N–H and O–H groups in total. The summed E-state index contributed by atoms with van der Waals surface area (Å²) >= 11 is 6.23. The summed E-state index contributed by atoms with van der Waals surface area (Å²) in [5, 5.41) is 7.80. The summed E-state index contributed by atoms with van der Waals surface area (Å²) in [4.78, 5) is 12.5. The van der Waals surface area contributed by atoms with Crippen LogP contribution < -0.4 is 0 Å². The van der Waals surface area contributed by atoms with Crippen LogP contribution in [0.4, 0.5) is 0 Å². The van der Waals surface area contributed by atoms with E-state index in [0.717, 1.165) is 5.56 Å². The van der Waals surface area contributed by atoms with E-state index in [-0.39, 0.29) is 32.8 Å². The molecule has 0 bridgehead atoms. The lowest BCUT2D eigenvalue weighted by molar-refractivity contribution is 0.0986. The van der Waals surface area contributed by atoms with Crippen LogP contribution in [0.2, 0.25) is 5.02 Å². The fraction of sp³-hybridized carbons (Fsp3) is 0.167. The highest BCUT2D eigenvalue weighted by Gasteiger charge is 2.35. The molecule has 2 aromatic carbocycles. The second-order valence-corrected chi connectivity index (χ2v) is 8.48. The highest BCUT2D eigenvalue weighted by molar-refractivity contribution is 7.91. The van der Waals surface area contributed by atoms with Gasteiger partial charge in [0.1, 0.15) is 0 Å². The largest absolute Gasteiger partial charge is 0.294 e. The Morgan fingerprint density at radius 1 is 1.15 bits per heavy atom. The van der Waals surface area contributed by atoms with Crippen molar-refractivity contribution in [1.82, 2.24) is 15.0 Å². The lowest BCUT2D eigenvalue weighted by atomic mass is 10.0. The number of benzene rings is 2. The van der Waals surface area contributed by atoms with E-state index in [4.69, 9.17) is 11.6 Å². The van der Waals surface area contributed by atoms with Crippen molar-refractivity contribution < 1.29 is 13.2 Å². The summed E-state index contributed by atoms with van der Waals surface area (Å²) in [5.41, 5.74) is 2.67. The van der Waals surface area contributed by atoms with Crippen LogP contribution in [0.15, 0.2) is 46.3 Å². The monoisotopic (exact) mass is 387 g/mol. The van der Waals surface area contributed by atoms with Gasteiger partial charge in [-0.1, -0.05) is 35.0 Å². The molecule has 0 spiro atoms. The number of aromatic nitrogens is 3.